The van der Waals surface area contributed by atoms with Crippen LogP contribution >= 0.6 is 0 Å². The Balaban J connectivity index is 2.92. The van der Waals surface area contributed by atoms with Crippen molar-refractivity contribution < 1.29 is 15.0 Å². The highest BCUT2D eigenvalue weighted by molar-refractivity contribution is 5.82. The number of hydrogen-bond acceptors (Lipinski definition) is 2. The Hall–Kier alpha value is -0.830. The van der Waals surface area contributed by atoms with Crippen molar-refractivity contribution in [2.24, 2.45) is 10.8 Å². The van der Waals surface area contributed by atoms with Crippen molar-refractivity contribution in [3.63, 3.8) is 0 Å². The molecule has 1 aliphatic carbocycles. The number of rotatable bonds is 3. The van der Waals surface area contributed by atoms with E-state index in [0.29, 0.717) is 6.42 Å². The van der Waals surface area contributed by atoms with Gasteiger partial charge >= 0.3 is 5.97 Å². The van der Waals surface area contributed by atoms with Gasteiger partial charge in [0.05, 0.1) is 12.0 Å². The molecule has 3 heteroatoms. The maximum absolute atomic E-state index is 11.0. The number of carbonyl (C=O) groups is 1. The van der Waals surface area contributed by atoms with Crippen LogP contribution in [-0.2, 0) is 4.79 Å². The van der Waals surface area contributed by atoms with E-state index in [9.17, 15) is 4.79 Å². The second kappa shape index (κ2) is 2.84. The molecule has 3 nitrogen and oxygen atoms in total. The van der Waals surface area contributed by atoms with Gasteiger partial charge in [-0.15, -0.1) is 0 Å². The highest BCUT2D eigenvalue weighted by atomic mass is 16.4. The van der Waals surface area contributed by atoms with E-state index in [0.717, 1.165) is 5.57 Å². The standard InChI is InChI=1S/C10H16O3/c1-7(5-11)4-10(8(12)13)6-9(10,2)3/h4,11H,5-6H2,1-3H3,(H,12,13). The maximum Gasteiger partial charge on any atom is 0.314 e. The first kappa shape index (κ1) is 10.3. The SMILES string of the molecule is CC(=CC1(C(=O)O)CC1(C)C)CO. The quantitative estimate of drug-likeness (QED) is 0.652. The summed E-state index contributed by atoms with van der Waals surface area (Å²) < 4.78 is 0. The van der Waals surface area contributed by atoms with E-state index in [1.807, 2.05) is 13.8 Å². The van der Waals surface area contributed by atoms with Crippen molar-refractivity contribution in [1.82, 2.24) is 0 Å². The van der Waals surface area contributed by atoms with Crippen LogP contribution in [0.4, 0.5) is 0 Å². The van der Waals surface area contributed by atoms with E-state index in [-0.39, 0.29) is 12.0 Å². The first-order valence-electron chi connectivity index (χ1n) is 4.38. The summed E-state index contributed by atoms with van der Waals surface area (Å²) in [5, 5.41) is 17.9. The minimum Gasteiger partial charge on any atom is -0.481 e. The third-order valence-corrected chi connectivity index (χ3v) is 2.93. The Morgan fingerprint density at radius 2 is 2.00 bits per heavy atom. The van der Waals surface area contributed by atoms with Crippen LogP contribution in [0, 0.1) is 10.8 Å². The van der Waals surface area contributed by atoms with Gasteiger partial charge in [-0.25, -0.2) is 0 Å². The number of aliphatic carboxylic acids is 1. The molecule has 1 rings (SSSR count). The molecule has 1 saturated carbocycles. The number of aliphatic hydroxyl groups is 1. The predicted octanol–water partition coefficient (Wildman–Crippen LogP) is 1.43. The van der Waals surface area contributed by atoms with Gasteiger partial charge in [0.1, 0.15) is 0 Å². The summed E-state index contributed by atoms with van der Waals surface area (Å²) in [6, 6.07) is 0. The average Bonchev–Trinajstić information content (AvgIpc) is 2.54. The molecular formula is C10H16O3. The molecule has 0 saturated heterocycles. The molecular weight excluding hydrogens is 168 g/mol. The number of carboxylic acid groups (broad SMARTS) is 1. The zero-order valence-corrected chi connectivity index (χ0v) is 8.29. The van der Waals surface area contributed by atoms with Gasteiger partial charge in [-0.1, -0.05) is 25.5 Å². The first-order valence-corrected chi connectivity index (χ1v) is 4.38. The molecule has 2 N–H and O–H groups in total. The van der Waals surface area contributed by atoms with Gasteiger partial charge in [0, 0.05) is 0 Å². The fourth-order valence-corrected chi connectivity index (χ4v) is 1.79. The van der Waals surface area contributed by atoms with E-state index in [1.165, 1.54) is 0 Å². The molecule has 0 amide bonds. The number of aliphatic hydroxyl groups excluding tert-OH is 1. The Kier molecular flexibility index (Phi) is 2.24. The van der Waals surface area contributed by atoms with Gasteiger partial charge in [-0.2, -0.15) is 0 Å². The zero-order valence-electron chi connectivity index (χ0n) is 8.29. The van der Waals surface area contributed by atoms with Crippen molar-refractivity contribution >= 4 is 5.97 Å². The van der Waals surface area contributed by atoms with Gasteiger partial charge < -0.3 is 10.2 Å². The minimum absolute atomic E-state index is 0.0644. The Morgan fingerprint density at radius 1 is 1.54 bits per heavy atom. The summed E-state index contributed by atoms with van der Waals surface area (Å²) in [7, 11) is 0. The normalized spacial score (nSPS) is 31.5. The Bertz CT molecular complexity index is 265. The smallest absolute Gasteiger partial charge is 0.314 e. The van der Waals surface area contributed by atoms with E-state index < -0.39 is 11.4 Å². The fraction of sp³-hybridized carbons (Fsp3) is 0.700. The summed E-state index contributed by atoms with van der Waals surface area (Å²) in [5.41, 5.74) is -0.178. The summed E-state index contributed by atoms with van der Waals surface area (Å²) >= 11 is 0. The molecule has 0 aromatic rings. The lowest BCUT2D eigenvalue weighted by Gasteiger charge is -2.11. The minimum atomic E-state index is -0.787. The molecule has 1 fully saturated rings. The highest BCUT2D eigenvalue weighted by Crippen LogP contribution is 2.64. The second-order valence-electron chi connectivity index (χ2n) is 4.49. The second-order valence-corrected chi connectivity index (χ2v) is 4.49. The van der Waals surface area contributed by atoms with Gasteiger partial charge in [-0.05, 0) is 18.8 Å². The van der Waals surface area contributed by atoms with Gasteiger partial charge in [0.25, 0.3) is 0 Å². The van der Waals surface area contributed by atoms with Crippen LogP contribution in [0.1, 0.15) is 27.2 Å². The fourth-order valence-electron chi connectivity index (χ4n) is 1.79. The molecule has 1 aliphatic rings. The molecule has 0 radical (unpaired) electrons. The number of hydrogen-bond donors (Lipinski definition) is 2. The van der Waals surface area contributed by atoms with E-state index in [4.69, 9.17) is 10.2 Å². The van der Waals surface area contributed by atoms with Crippen LogP contribution in [0.3, 0.4) is 0 Å². The van der Waals surface area contributed by atoms with Crippen molar-refractivity contribution in [2.45, 2.75) is 27.2 Å². The maximum atomic E-state index is 11.0. The lowest BCUT2D eigenvalue weighted by Crippen LogP contribution is -2.19. The molecule has 0 heterocycles. The van der Waals surface area contributed by atoms with Crippen molar-refractivity contribution in [2.75, 3.05) is 6.61 Å². The highest BCUT2D eigenvalue weighted by Gasteiger charge is 2.65. The molecule has 1 atom stereocenters. The molecule has 0 aliphatic heterocycles. The summed E-state index contributed by atoms with van der Waals surface area (Å²) in [6.45, 7) is 5.55. The van der Waals surface area contributed by atoms with Gasteiger partial charge in [-0.3, -0.25) is 4.79 Å². The van der Waals surface area contributed by atoms with Crippen molar-refractivity contribution in [1.29, 1.82) is 0 Å². The molecule has 13 heavy (non-hydrogen) atoms. The largest absolute Gasteiger partial charge is 0.481 e. The predicted molar refractivity (Wildman–Crippen MR) is 49.3 cm³/mol. The summed E-state index contributed by atoms with van der Waals surface area (Å²) in [4.78, 5) is 11.0. The third kappa shape index (κ3) is 1.48. The topological polar surface area (TPSA) is 57.5 Å². The lowest BCUT2D eigenvalue weighted by atomic mass is 9.94. The van der Waals surface area contributed by atoms with Crippen LogP contribution in [0.25, 0.3) is 0 Å². The average molecular weight is 184 g/mol. The van der Waals surface area contributed by atoms with Gasteiger partial charge in [0.2, 0.25) is 0 Å². The monoisotopic (exact) mass is 184 g/mol. The van der Waals surface area contributed by atoms with Crippen LogP contribution in [-0.4, -0.2) is 22.8 Å². The molecule has 0 aromatic heterocycles. The van der Waals surface area contributed by atoms with E-state index >= 15 is 0 Å². The Morgan fingerprint density at radius 3 is 2.23 bits per heavy atom. The Labute approximate surface area is 78.1 Å². The molecule has 0 spiro atoms. The van der Waals surface area contributed by atoms with Crippen LogP contribution < -0.4 is 0 Å². The summed E-state index contributed by atoms with van der Waals surface area (Å²) in [6.07, 6.45) is 2.35. The lowest BCUT2D eigenvalue weighted by molar-refractivity contribution is -0.142. The number of carboxylic acids is 1. The van der Waals surface area contributed by atoms with E-state index in [2.05, 4.69) is 0 Å². The van der Waals surface area contributed by atoms with Crippen LogP contribution in [0.15, 0.2) is 11.6 Å². The van der Waals surface area contributed by atoms with E-state index in [1.54, 1.807) is 13.0 Å². The van der Waals surface area contributed by atoms with Crippen molar-refractivity contribution in [3.05, 3.63) is 11.6 Å². The third-order valence-electron chi connectivity index (χ3n) is 2.93. The molecule has 0 aromatic carbocycles. The van der Waals surface area contributed by atoms with Gasteiger partial charge in [0.15, 0.2) is 0 Å². The van der Waals surface area contributed by atoms with Crippen LogP contribution in [0.5, 0.6) is 0 Å². The van der Waals surface area contributed by atoms with Crippen LogP contribution in [0.2, 0.25) is 0 Å². The molecule has 1 unspecified atom stereocenters. The summed E-state index contributed by atoms with van der Waals surface area (Å²) in [5.74, 6) is -0.787. The van der Waals surface area contributed by atoms with Crippen molar-refractivity contribution in [3.8, 4) is 0 Å². The molecule has 0 bridgehead atoms. The molecule has 74 valence electrons. The zero-order chi connectivity index (χ0) is 10.3. The first-order chi connectivity index (χ1) is 5.85.